The van der Waals surface area contributed by atoms with Gasteiger partial charge in [-0.15, -0.1) is 0 Å². The summed E-state index contributed by atoms with van der Waals surface area (Å²) in [7, 11) is 0. The minimum atomic E-state index is -0.0539. The highest BCUT2D eigenvalue weighted by Gasteiger charge is 2.37. The van der Waals surface area contributed by atoms with Gasteiger partial charge in [0.2, 0.25) is 11.8 Å². The van der Waals surface area contributed by atoms with E-state index in [9.17, 15) is 14.4 Å². The lowest BCUT2D eigenvalue weighted by molar-refractivity contribution is -0.147. The second kappa shape index (κ2) is 7.02. The van der Waals surface area contributed by atoms with Crippen molar-refractivity contribution in [1.29, 1.82) is 0 Å². The molecule has 0 aromatic carbocycles. The van der Waals surface area contributed by atoms with Crippen LogP contribution in [0.25, 0.3) is 0 Å². The molecule has 2 saturated heterocycles. The number of nitrogens with zero attached hydrogens (tertiary/aromatic N) is 3. The minimum absolute atomic E-state index is 0.00279. The van der Waals surface area contributed by atoms with Gasteiger partial charge in [0.15, 0.2) is 0 Å². The number of likely N-dealkylation sites (tertiary alicyclic amines) is 2. The van der Waals surface area contributed by atoms with E-state index >= 15 is 0 Å². The Morgan fingerprint density at radius 1 is 1.04 bits per heavy atom. The average molecular weight is 373 g/mol. The minimum Gasteiger partial charge on any atom is -0.486 e. The summed E-state index contributed by atoms with van der Waals surface area (Å²) < 4.78 is 7.77. The monoisotopic (exact) mass is 373 g/mol. The van der Waals surface area contributed by atoms with Crippen LogP contribution in [0.3, 0.4) is 0 Å². The van der Waals surface area contributed by atoms with Crippen LogP contribution in [0, 0.1) is 12.8 Å². The van der Waals surface area contributed by atoms with Gasteiger partial charge in [0, 0.05) is 43.7 Å². The zero-order valence-electron chi connectivity index (χ0n) is 16.0. The largest absolute Gasteiger partial charge is 0.486 e. The summed E-state index contributed by atoms with van der Waals surface area (Å²) in [6, 6.07) is 3.84. The molecule has 1 aromatic rings. The van der Waals surface area contributed by atoms with Gasteiger partial charge in [-0.05, 0) is 38.7 Å². The molecule has 7 nitrogen and oxygen atoms in total. The standard InChI is InChI=1S/C20H27N3O4/c1-13-9-17(10-19(25)23(13)16-3-4-16)27-18-11-22(12-18)20(26)15-5-7-21(8-6-15)14(2)24/h9-10,15-16,18H,3-8,11-12H2,1-2H3. The summed E-state index contributed by atoms with van der Waals surface area (Å²) in [5.74, 6) is 0.850. The second-order valence-electron chi connectivity index (χ2n) is 8.04. The molecule has 4 rings (SSSR count). The van der Waals surface area contributed by atoms with Crippen LogP contribution in [0.1, 0.15) is 44.3 Å². The number of piperidine rings is 1. The second-order valence-corrected chi connectivity index (χ2v) is 8.04. The van der Waals surface area contributed by atoms with Crippen LogP contribution in [0.15, 0.2) is 16.9 Å². The van der Waals surface area contributed by atoms with Crippen LogP contribution in [0.5, 0.6) is 5.75 Å². The molecular formula is C20H27N3O4. The molecule has 0 unspecified atom stereocenters. The lowest BCUT2D eigenvalue weighted by atomic mass is 9.93. The summed E-state index contributed by atoms with van der Waals surface area (Å²) >= 11 is 0. The normalized spacial score (nSPS) is 21.1. The fourth-order valence-corrected chi connectivity index (χ4v) is 4.14. The molecular weight excluding hydrogens is 346 g/mol. The Balaban J connectivity index is 1.28. The van der Waals surface area contributed by atoms with Gasteiger partial charge in [-0.2, -0.15) is 0 Å². The topological polar surface area (TPSA) is 71.9 Å². The maximum absolute atomic E-state index is 12.6. The van der Waals surface area contributed by atoms with Crippen molar-refractivity contribution in [2.45, 2.75) is 51.7 Å². The first-order chi connectivity index (χ1) is 12.9. The highest BCUT2D eigenvalue weighted by Crippen LogP contribution is 2.35. The molecule has 0 spiro atoms. The van der Waals surface area contributed by atoms with Crippen molar-refractivity contribution in [1.82, 2.24) is 14.4 Å². The maximum atomic E-state index is 12.6. The Hall–Kier alpha value is -2.31. The summed E-state index contributed by atoms with van der Waals surface area (Å²) in [6.07, 6.45) is 3.57. The summed E-state index contributed by atoms with van der Waals surface area (Å²) in [6.45, 7) is 5.97. The van der Waals surface area contributed by atoms with E-state index in [1.54, 1.807) is 17.9 Å². The van der Waals surface area contributed by atoms with Gasteiger partial charge in [-0.25, -0.2) is 0 Å². The van der Waals surface area contributed by atoms with Gasteiger partial charge in [-0.3, -0.25) is 14.4 Å². The van der Waals surface area contributed by atoms with E-state index in [0.29, 0.717) is 38.0 Å². The molecule has 27 heavy (non-hydrogen) atoms. The molecule has 3 heterocycles. The molecule has 0 bridgehead atoms. The molecule has 146 valence electrons. The molecule has 0 atom stereocenters. The third-order valence-corrected chi connectivity index (χ3v) is 5.90. The van der Waals surface area contributed by atoms with E-state index in [4.69, 9.17) is 4.74 Å². The number of aryl methyl sites for hydroxylation is 1. The molecule has 3 fully saturated rings. The number of amides is 2. The third-order valence-electron chi connectivity index (χ3n) is 5.90. The van der Waals surface area contributed by atoms with E-state index < -0.39 is 0 Å². The number of hydrogen-bond donors (Lipinski definition) is 0. The third kappa shape index (κ3) is 3.73. The van der Waals surface area contributed by atoms with Gasteiger partial charge in [0.1, 0.15) is 11.9 Å². The Morgan fingerprint density at radius 2 is 1.70 bits per heavy atom. The fraction of sp³-hybridized carbons (Fsp3) is 0.650. The smallest absolute Gasteiger partial charge is 0.254 e. The number of aromatic nitrogens is 1. The summed E-state index contributed by atoms with van der Waals surface area (Å²) in [5.41, 5.74) is 0.932. The lowest BCUT2D eigenvalue weighted by Crippen LogP contribution is -2.58. The van der Waals surface area contributed by atoms with E-state index in [-0.39, 0.29) is 29.4 Å². The van der Waals surface area contributed by atoms with E-state index in [0.717, 1.165) is 31.4 Å². The van der Waals surface area contributed by atoms with Crippen molar-refractivity contribution in [2.75, 3.05) is 26.2 Å². The molecule has 0 radical (unpaired) electrons. The van der Waals surface area contributed by atoms with Crippen LogP contribution in [-0.4, -0.2) is 58.5 Å². The van der Waals surface area contributed by atoms with Gasteiger partial charge < -0.3 is 19.1 Å². The fourth-order valence-electron chi connectivity index (χ4n) is 4.14. The number of hydrogen-bond acceptors (Lipinski definition) is 4. The van der Waals surface area contributed by atoms with Crippen LogP contribution in [-0.2, 0) is 9.59 Å². The van der Waals surface area contributed by atoms with Gasteiger partial charge in [0.25, 0.3) is 5.56 Å². The van der Waals surface area contributed by atoms with Crippen molar-refractivity contribution >= 4 is 11.8 Å². The summed E-state index contributed by atoms with van der Waals surface area (Å²) in [4.78, 5) is 39.9. The number of pyridine rings is 1. The Morgan fingerprint density at radius 3 is 2.26 bits per heavy atom. The Labute approximate surface area is 158 Å². The van der Waals surface area contributed by atoms with Gasteiger partial charge >= 0.3 is 0 Å². The van der Waals surface area contributed by atoms with Crippen molar-refractivity contribution in [3.63, 3.8) is 0 Å². The number of rotatable bonds is 4. The highest BCUT2D eigenvalue weighted by molar-refractivity contribution is 5.80. The van der Waals surface area contributed by atoms with Crippen molar-refractivity contribution in [3.05, 3.63) is 28.2 Å². The van der Waals surface area contributed by atoms with Crippen molar-refractivity contribution in [3.8, 4) is 5.75 Å². The van der Waals surface area contributed by atoms with Crippen molar-refractivity contribution in [2.24, 2.45) is 5.92 Å². The first-order valence-corrected chi connectivity index (χ1v) is 9.86. The average Bonchev–Trinajstić information content (AvgIpc) is 3.41. The van der Waals surface area contributed by atoms with Crippen LogP contribution in [0.4, 0.5) is 0 Å². The zero-order valence-corrected chi connectivity index (χ0v) is 16.0. The number of carbonyl (C=O) groups excluding carboxylic acids is 2. The SMILES string of the molecule is CC(=O)N1CCC(C(=O)N2CC(Oc3cc(C)n(C4CC4)c(=O)c3)C2)CC1. The van der Waals surface area contributed by atoms with E-state index in [1.165, 1.54) is 0 Å². The van der Waals surface area contributed by atoms with Crippen molar-refractivity contribution < 1.29 is 14.3 Å². The van der Waals surface area contributed by atoms with Crippen LogP contribution in [0.2, 0.25) is 0 Å². The van der Waals surface area contributed by atoms with Gasteiger partial charge in [0.05, 0.1) is 13.1 Å². The molecule has 3 aliphatic rings. The first kappa shape index (κ1) is 18.1. The highest BCUT2D eigenvalue weighted by atomic mass is 16.5. The van der Waals surface area contributed by atoms with Crippen LogP contribution < -0.4 is 10.3 Å². The van der Waals surface area contributed by atoms with E-state index in [2.05, 4.69) is 0 Å². The number of carbonyl (C=O) groups is 2. The maximum Gasteiger partial charge on any atom is 0.254 e. The first-order valence-electron chi connectivity index (χ1n) is 9.86. The number of ether oxygens (including phenoxy) is 1. The molecule has 2 amide bonds. The Kier molecular flexibility index (Phi) is 4.70. The Bertz CT molecular complexity index is 800. The molecule has 1 saturated carbocycles. The predicted octanol–water partition coefficient (Wildman–Crippen LogP) is 1.34. The molecule has 1 aromatic heterocycles. The predicted molar refractivity (Wildman–Crippen MR) is 99.7 cm³/mol. The van der Waals surface area contributed by atoms with Gasteiger partial charge in [-0.1, -0.05) is 0 Å². The van der Waals surface area contributed by atoms with Crippen LogP contribution >= 0.6 is 0 Å². The zero-order chi connectivity index (χ0) is 19.1. The molecule has 7 heteroatoms. The lowest BCUT2D eigenvalue weighted by Gasteiger charge is -2.42. The molecule has 1 aliphatic carbocycles. The summed E-state index contributed by atoms with van der Waals surface area (Å²) in [5, 5.41) is 0. The molecule has 2 aliphatic heterocycles. The quantitative estimate of drug-likeness (QED) is 0.799. The molecule has 0 N–H and O–H groups in total. The van der Waals surface area contributed by atoms with E-state index in [1.807, 2.05) is 22.5 Å².